The van der Waals surface area contributed by atoms with Gasteiger partial charge in [-0.2, -0.15) is 0 Å². The van der Waals surface area contributed by atoms with Crippen LogP contribution in [0.2, 0.25) is 5.02 Å². The van der Waals surface area contributed by atoms with Gasteiger partial charge >= 0.3 is 0 Å². The molecule has 0 aliphatic rings. The van der Waals surface area contributed by atoms with Crippen molar-refractivity contribution in [2.45, 2.75) is 11.9 Å². The van der Waals surface area contributed by atoms with Gasteiger partial charge in [0.05, 0.1) is 16.6 Å². The third-order valence-corrected chi connectivity index (χ3v) is 4.46. The molecule has 0 atom stereocenters. The summed E-state index contributed by atoms with van der Waals surface area (Å²) in [5.74, 6) is 0.697. The predicted octanol–water partition coefficient (Wildman–Crippen LogP) is 5.72. The minimum atomic E-state index is -0.394. The molecule has 0 aliphatic heterocycles. The molecular formula is C15H12Br2ClFO2. The van der Waals surface area contributed by atoms with Crippen LogP contribution in [0.5, 0.6) is 11.5 Å². The Morgan fingerprint density at radius 3 is 2.67 bits per heavy atom. The first-order chi connectivity index (χ1) is 10.1. The van der Waals surface area contributed by atoms with Crippen LogP contribution in [0.3, 0.4) is 0 Å². The summed E-state index contributed by atoms with van der Waals surface area (Å²) in [4.78, 5) is 0. The topological polar surface area (TPSA) is 18.5 Å². The van der Waals surface area contributed by atoms with Gasteiger partial charge in [0.1, 0.15) is 12.4 Å². The van der Waals surface area contributed by atoms with Gasteiger partial charge < -0.3 is 9.47 Å². The van der Waals surface area contributed by atoms with Crippen molar-refractivity contribution in [3.8, 4) is 11.5 Å². The molecule has 2 nitrogen and oxygen atoms in total. The lowest BCUT2D eigenvalue weighted by Gasteiger charge is -2.14. The summed E-state index contributed by atoms with van der Waals surface area (Å²) in [5.41, 5.74) is 1.35. The van der Waals surface area contributed by atoms with Crippen LogP contribution >= 0.6 is 43.5 Å². The van der Waals surface area contributed by atoms with Crippen LogP contribution in [0, 0.1) is 5.82 Å². The van der Waals surface area contributed by atoms with E-state index in [1.165, 1.54) is 6.07 Å². The highest BCUT2D eigenvalue weighted by Crippen LogP contribution is 2.38. The first-order valence-electron chi connectivity index (χ1n) is 6.05. The molecule has 0 radical (unpaired) electrons. The second-order valence-corrected chi connectivity index (χ2v) is 6.05. The number of hydrogen-bond donors (Lipinski definition) is 0. The van der Waals surface area contributed by atoms with Crippen molar-refractivity contribution in [2.24, 2.45) is 0 Å². The number of alkyl halides is 1. The van der Waals surface area contributed by atoms with Gasteiger partial charge in [0, 0.05) is 10.9 Å². The van der Waals surface area contributed by atoms with Gasteiger partial charge in [-0.3, -0.25) is 0 Å². The molecule has 2 aromatic rings. The lowest BCUT2D eigenvalue weighted by Crippen LogP contribution is -2.02. The molecule has 0 aromatic heterocycles. The SMILES string of the molecule is COc1cc(CBr)cc(Br)c1OCc1c(F)cccc1Cl. The van der Waals surface area contributed by atoms with Crippen molar-refractivity contribution in [3.05, 3.63) is 56.8 Å². The Morgan fingerprint density at radius 2 is 2.05 bits per heavy atom. The molecule has 0 spiro atoms. The van der Waals surface area contributed by atoms with E-state index in [0.717, 1.165) is 10.0 Å². The number of methoxy groups -OCH3 is 1. The third kappa shape index (κ3) is 3.90. The molecule has 0 N–H and O–H groups in total. The van der Waals surface area contributed by atoms with E-state index in [4.69, 9.17) is 21.1 Å². The summed E-state index contributed by atoms with van der Waals surface area (Å²) >= 11 is 12.8. The second-order valence-electron chi connectivity index (χ2n) is 4.23. The molecule has 21 heavy (non-hydrogen) atoms. The summed E-state index contributed by atoms with van der Waals surface area (Å²) in [6.45, 7) is 0.0220. The summed E-state index contributed by atoms with van der Waals surface area (Å²) in [7, 11) is 1.56. The van der Waals surface area contributed by atoms with E-state index in [-0.39, 0.29) is 6.61 Å². The highest BCUT2D eigenvalue weighted by atomic mass is 79.9. The van der Waals surface area contributed by atoms with Gasteiger partial charge in [0.25, 0.3) is 0 Å². The maximum absolute atomic E-state index is 13.7. The van der Waals surface area contributed by atoms with Crippen LogP contribution in [0.1, 0.15) is 11.1 Å². The van der Waals surface area contributed by atoms with Crippen LogP contribution in [-0.2, 0) is 11.9 Å². The molecule has 112 valence electrons. The second kappa shape index (κ2) is 7.47. The maximum atomic E-state index is 13.7. The molecule has 6 heteroatoms. The van der Waals surface area contributed by atoms with E-state index in [2.05, 4.69) is 31.9 Å². The fourth-order valence-corrected chi connectivity index (χ4v) is 2.95. The van der Waals surface area contributed by atoms with E-state index >= 15 is 0 Å². The fourth-order valence-electron chi connectivity index (χ4n) is 1.81. The smallest absolute Gasteiger partial charge is 0.175 e. The van der Waals surface area contributed by atoms with E-state index in [1.807, 2.05) is 12.1 Å². The third-order valence-electron chi connectivity index (χ3n) is 2.87. The van der Waals surface area contributed by atoms with E-state index in [0.29, 0.717) is 27.4 Å². The van der Waals surface area contributed by atoms with Crippen LogP contribution in [-0.4, -0.2) is 7.11 Å². The van der Waals surface area contributed by atoms with Gasteiger partial charge in [0.2, 0.25) is 0 Å². The van der Waals surface area contributed by atoms with Gasteiger partial charge in [-0.15, -0.1) is 0 Å². The van der Waals surface area contributed by atoms with Crippen LogP contribution in [0.4, 0.5) is 4.39 Å². The van der Waals surface area contributed by atoms with Crippen molar-refractivity contribution >= 4 is 43.5 Å². The van der Waals surface area contributed by atoms with Gasteiger partial charge in [-0.05, 0) is 45.8 Å². The fraction of sp³-hybridized carbons (Fsp3) is 0.200. The Hall–Kier alpha value is -0.780. The van der Waals surface area contributed by atoms with Crippen LogP contribution < -0.4 is 9.47 Å². The first kappa shape index (κ1) is 16.6. The summed E-state index contributed by atoms with van der Waals surface area (Å²) < 4.78 is 25.5. The quantitative estimate of drug-likeness (QED) is 0.556. The Labute approximate surface area is 144 Å². The molecule has 0 fully saturated rings. The Balaban J connectivity index is 2.28. The summed E-state index contributed by atoms with van der Waals surface area (Å²) in [5, 5.41) is 1.03. The van der Waals surface area contributed by atoms with E-state index in [1.54, 1.807) is 19.2 Å². The zero-order chi connectivity index (χ0) is 15.4. The molecule has 0 saturated carbocycles. The highest BCUT2D eigenvalue weighted by molar-refractivity contribution is 9.10. The standard InChI is InChI=1S/C15H12Br2ClFO2/c1-20-14-6-9(7-16)5-11(17)15(14)21-8-10-12(18)3-2-4-13(10)19/h2-6H,7-8H2,1H3. The van der Waals surface area contributed by atoms with E-state index in [9.17, 15) is 4.39 Å². The monoisotopic (exact) mass is 436 g/mol. The highest BCUT2D eigenvalue weighted by Gasteiger charge is 2.14. The number of rotatable bonds is 5. The van der Waals surface area contributed by atoms with Crippen LogP contribution in [0.15, 0.2) is 34.8 Å². The minimum absolute atomic E-state index is 0.0220. The van der Waals surface area contributed by atoms with Gasteiger partial charge in [0.15, 0.2) is 11.5 Å². The van der Waals surface area contributed by atoms with Crippen molar-refractivity contribution in [2.75, 3.05) is 7.11 Å². The molecule has 0 heterocycles. The normalized spacial score (nSPS) is 10.5. The molecule has 2 rings (SSSR count). The molecule has 0 aliphatic carbocycles. The van der Waals surface area contributed by atoms with Crippen molar-refractivity contribution in [3.63, 3.8) is 0 Å². The minimum Gasteiger partial charge on any atom is -0.493 e. The largest absolute Gasteiger partial charge is 0.493 e. The zero-order valence-corrected chi connectivity index (χ0v) is 15.1. The van der Waals surface area contributed by atoms with Gasteiger partial charge in [-0.1, -0.05) is 33.6 Å². The van der Waals surface area contributed by atoms with Gasteiger partial charge in [-0.25, -0.2) is 4.39 Å². The van der Waals surface area contributed by atoms with E-state index < -0.39 is 5.82 Å². The van der Waals surface area contributed by atoms with Crippen molar-refractivity contribution in [1.82, 2.24) is 0 Å². The average molecular weight is 439 g/mol. The number of benzene rings is 2. The number of halogens is 4. The van der Waals surface area contributed by atoms with Crippen LogP contribution in [0.25, 0.3) is 0 Å². The molecule has 0 unspecified atom stereocenters. The Morgan fingerprint density at radius 1 is 1.29 bits per heavy atom. The molecule has 0 bridgehead atoms. The number of ether oxygens (including phenoxy) is 2. The molecular weight excluding hydrogens is 426 g/mol. The number of hydrogen-bond acceptors (Lipinski definition) is 2. The summed E-state index contributed by atoms with van der Waals surface area (Å²) in [6, 6.07) is 8.31. The van der Waals surface area contributed by atoms with Crippen molar-refractivity contribution in [1.29, 1.82) is 0 Å². The lowest BCUT2D eigenvalue weighted by molar-refractivity contribution is 0.278. The maximum Gasteiger partial charge on any atom is 0.175 e. The zero-order valence-electron chi connectivity index (χ0n) is 11.1. The Bertz CT molecular complexity index is 630. The molecule has 0 saturated heterocycles. The average Bonchev–Trinajstić information content (AvgIpc) is 2.47. The first-order valence-corrected chi connectivity index (χ1v) is 8.34. The lowest BCUT2D eigenvalue weighted by atomic mass is 10.2. The predicted molar refractivity (Wildman–Crippen MR) is 89.1 cm³/mol. The Kier molecular flexibility index (Phi) is 5.90. The molecule has 0 amide bonds. The van der Waals surface area contributed by atoms with Crippen molar-refractivity contribution < 1.29 is 13.9 Å². The molecule has 2 aromatic carbocycles. The summed E-state index contributed by atoms with van der Waals surface area (Å²) in [6.07, 6.45) is 0.